The average Bonchev–Trinajstić information content (AvgIpc) is 3.29. The molecule has 2 aromatic carbocycles. The number of fused-ring (bicyclic) bond motifs is 1. The first-order valence-corrected chi connectivity index (χ1v) is 10.6. The van der Waals surface area contributed by atoms with Crippen LogP contribution in [-0.2, 0) is 35.2 Å². The fourth-order valence-corrected chi connectivity index (χ4v) is 4.31. The number of anilines is 2. The number of carbonyl (C=O) groups is 2. The Morgan fingerprint density at radius 2 is 1.91 bits per heavy atom. The van der Waals surface area contributed by atoms with Crippen molar-refractivity contribution < 1.29 is 22.8 Å². The summed E-state index contributed by atoms with van der Waals surface area (Å²) in [4.78, 5) is 27.1. The third-order valence-electron chi connectivity index (χ3n) is 6.02. The minimum absolute atomic E-state index is 0.0702. The van der Waals surface area contributed by atoms with E-state index in [0.717, 1.165) is 42.6 Å². The van der Waals surface area contributed by atoms with Gasteiger partial charge in [-0.3, -0.25) is 9.59 Å². The lowest BCUT2D eigenvalue weighted by atomic mass is 9.95. The molecule has 0 aliphatic carbocycles. The molecule has 32 heavy (non-hydrogen) atoms. The lowest BCUT2D eigenvalue weighted by Crippen LogP contribution is -2.45. The molecule has 2 amide bonds. The molecular formula is C23H25F3N4O2. The third-order valence-corrected chi connectivity index (χ3v) is 6.02. The Bertz CT molecular complexity index is 1020. The van der Waals surface area contributed by atoms with Crippen LogP contribution in [0.1, 0.15) is 35.1 Å². The van der Waals surface area contributed by atoms with Gasteiger partial charge < -0.3 is 21.3 Å². The van der Waals surface area contributed by atoms with Gasteiger partial charge in [0, 0.05) is 13.1 Å². The molecule has 170 valence electrons. The van der Waals surface area contributed by atoms with Crippen LogP contribution in [0, 0.1) is 0 Å². The van der Waals surface area contributed by atoms with Crippen molar-refractivity contribution in [1.29, 1.82) is 0 Å². The number of halogens is 3. The third kappa shape index (κ3) is 4.72. The fraction of sp³-hybridized carbons (Fsp3) is 0.391. The Kier molecular flexibility index (Phi) is 6.10. The van der Waals surface area contributed by atoms with Gasteiger partial charge in [0.15, 0.2) is 0 Å². The number of hydrogen-bond donors (Lipinski definition) is 3. The molecule has 0 bridgehead atoms. The molecule has 6 nitrogen and oxygen atoms in total. The number of nitrogen functional groups attached to an aromatic ring is 1. The first-order valence-electron chi connectivity index (χ1n) is 10.6. The van der Waals surface area contributed by atoms with Crippen molar-refractivity contribution in [2.24, 2.45) is 0 Å². The van der Waals surface area contributed by atoms with Crippen LogP contribution < -0.4 is 16.4 Å². The Morgan fingerprint density at radius 1 is 1.16 bits per heavy atom. The zero-order valence-corrected chi connectivity index (χ0v) is 17.5. The summed E-state index contributed by atoms with van der Waals surface area (Å²) in [5.74, 6) is -0.267. The van der Waals surface area contributed by atoms with E-state index < -0.39 is 11.7 Å². The first-order chi connectivity index (χ1) is 15.2. The number of alkyl halides is 3. The molecule has 9 heteroatoms. The van der Waals surface area contributed by atoms with Gasteiger partial charge in [-0.05, 0) is 60.7 Å². The first kappa shape index (κ1) is 22.1. The zero-order chi connectivity index (χ0) is 22.9. The van der Waals surface area contributed by atoms with Crippen LogP contribution in [0.3, 0.4) is 0 Å². The molecule has 1 saturated heterocycles. The number of nitrogens with one attached hydrogen (secondary N) is 2. The number of hydrogen-bond acceptors (Lipinski definition) is 4. The molecule has 1 unspecified atom stereocenters. The van der Waals surface area contributed by atoms with E-state index >= 15 is 0 Å². The van der Waals surface area contributed by atoms with Crippen LogP contribution in [0.2, 0.25) is 0 Å². The molecule has 0 radical (unpaired) electrons. The highest BCUT2D eigenvalue weighted by molar-refractivity contribution is 5.96. The average molecular weight is 446 g/mol. The normalized spacial score (nSPS) is 18.3. The second-order valence-corrected chi connectivity index (χ2v) is 8.25. The van der Waals surface area contributed by atoms with Gasteiger partial charge in [0.1, 0.15) is 0 Å². The van der Waals surface area contributed by atoms with E-state index in [4.69, 9.17) is 5.73 Å². The van der Waals surface area contributed by atoms with Crippen molar-refractivity contribution in [2.75, 3.05) is 24.1 Å². The predicted molar refractivity (Wildman–Crippen MR) is 115 cm³/mol. The molecule has 1 fully saturated rings. The molecule has 4 rings (SSSR count). The number of carbonyl (C=O) groups excluding carboxylic acids is 2. The molecule has 2 heterocycles. The van der Waals surface area contributed by atoms with E-state index in [1.807, 2.05) is 11.0 Å². The lowest BCUT2D eigenvalue weighted by Gasteiger charge is -2.32. The second kappa shape index (κ2) is 8.82. The summed E-state index contributed by atoms with van der Waals surface area (Å²) >= 11 is 0. The van der Waals surface area contributed by atoms with Crippen LogP contribution in [0.25, 0.3) is 0 Å². The summed E-state index contributed by atoms with van der Waals surface area (Å²) in [5.41, 5.74) is 8.60. The van der Waals surface area contributed by atoms with Gasteiger partial charge in [0.2, 0.25) is 11.8 Å². The SMILES string of the molecule is Nc1ccc2c(c1NC(=O)Cc1ccc(C(F)(F)F)cc1)CCN(C(=O)C1CCCN1)C2. The number of rotatable bonds is 4. The molecule has 0 saturated carbocycles. The molecule has 1 atom stereocenters. The largest absolute Gasteiger partial charge is 0.416 e. The van der Waals surface area contributed by atoms with Gasteiger partial charge in [0.25, 0.3) is 0 Å². The summed E-state index contributed by atoms with van der Waals surface area (Å²) in [5, 5.41) is 6.06. The highest BCUT2D eigenvalue weighted by Crippen LogP contribution is 2.32. The number of benzene rings is 2. The van der Waals surface area contributed by atoms with Gasteiger partial charge >= 0.3 is 6.18 Å². The summed E-state index contributed by atoms with van der Waals surface area (Å²) in [6.07, 6.45) is -2.09. The van der Waals surface area contributed by atoms with Crippen LogP contribution in [0.5, 0.6) is 0 Å². The Balaban J connectivity index is 1.45. The van der Waals surface area contributed by atoms with Crippen LogP contribution in [0.4, 0.5) is 24.5 Å². The molecule has 2 aromatic rings. The smallest absolute Gasteiger partial charge is 0.397 e. The van der Waals surface area contributed by atoms with Gasteiger partial charge in [0.05, 0.1) is 29.4 Å². The van der Waals surface area contributed by atoms with Gasteiger partial charge in [-0.15, -0.1) is 0 Å². The Labute approximate surface area is 184 Å². The maximum atomic E-state index is 12.7. The van der Waals surface area contributed by atoms with E-state index in [0.29, 0.717) is 36.4 Å². The van der Waals surface area contributed by atoms with Gasteiger partial charge in [-0.1, -0.05) is 18.2 Å². The van der Waals surface area contributed by atoms with Gasteiger partial charge in [-0.2, -0.15) is 13.2 Å². The highest BCUT2D eigenvalue weighted by Gasteiger charge is 2.31. The molecule has 4 N–H and O–H groups in total. The predicted octanol–water partition coefficient (Wildman–Crippen LogP) is 3.11. The maximum Gasteiger partial charge on any atom is 0.416 e. The number of nitrogens with two attached hydrogens (primary N) is 1. The van der Waals surface area contributed by atoms with E-state index in [1.165, 1.54) is 12.1 Å². The summed E-state index contributed by atoms with van der Waals surface area (Å²) in [6.45, 7) is 1.84. The minimum Gasteiger partial charge on any atom is -0.397 e. The standard InChI is InChI=1S/C23H25F3N4O2/c24-23(25,26)16-6-3-14(4-7-16)12-20(31)29-21-17-9-11-30(13-15(17)5-8-18(21)27)22(32)19-2-1-10-28-19/h3-8,19,28H,1-2,9-13,27H2,(H,29,31). The maximum absolute atomic E-state index is 12.7. The van der Waals surface area contributed by atoms with Crippen molar-refractivity contribution in [3.63, 3.8) is 0 Å². The van der Waals surface area contributed by atoms with Crippen molar-refractivity contribution in [2.45, 2.75) is 44.4 Å². The van der Waals surface area contributed by atoms with Crippen molar-refractivity contribution in [1.82, 2.24) is 10.2 Å². The van der Waals surface area contributed by atoms with Crippen LogP contribution >= 0.6 is 0 Å². The van der Waals surface area contributed by atoms with Crippen molar-refractivity contribution in [3.8, 4) is 0 Å². The second-order valence-electron chi connectivity index (χ2n) is 8.25. The number of nitrogens with zero attached hydrogens (tertiary/aromatic N) is 1. The number of amides is 2. The van der Waals surface area contributed by atoms with Crippen molar-refractivity contribution >= 4 is 23.2 Å². The molecule has 2 aliphatic heterocycles. The quantitative estimate of drug-likeness (QED) is 0.630. The summed E-state index contributed by atoms with van der Waals surface area (Å²) in [6, 6.07) is 7.97. The monoisotopic (exact) mass is 446 g/mol. The topological polar surface area (TPSA) is 87.5 Å². The molecule has 0 spiro atoms. The van der Waals surface area contributed by atoms with Crippen LogP contribution in [-0.4, -0.2) is 35.8 Å². The van der Waals surface area contributed by atoms with E-state index in [1.54, 1.807) is 6.07 Å². The van der Waals surface area contributed by atoms with E-state index in [2.05, 4.69) is 10.6 Å². The fourth-order valence-electron chi connectivity index (χ4n) is 4.31. The Morgan fingerprint density at radius 3 is 2.56 bits per heavy atom. The lowest BCUT2D eigenvalue weighted by molar-refractivity contribution is -0.137. The summed E-state index contributed by atoms with van der Waals surface area (Å²) < 4.78 is 38.2. The molecular weight excluding hydrogens is 421 g/mol. The van der Waals surface area contributed by atoms with E-state index in [9.17, 15) is 22.8 Å². The summed E-state index contributed by atoms with van der Waals surface area (Å²) in [7, 11) is 0. The van der Waals surface area contributed by atoms with Crippen LogP contribution in [0.15, 0.2) is 36.4 Å². The van der Waals surface area contributed by atoms with Gasteiger partial charge in [-0.25, -0.2) is 0 Å². The van der Waals surface area contributed by atoms with E-state index in [-0.39, 0.29) is 24.3 Å². The molecule has 2 aliphatic rings. The van der Waals surface area contributed by atoms with Crippen molar-refractivity contribution in [3.05, 3.63) is 58.7 Å². The molecule has 0 aromatic heterocycles. The highest BCUT2D eigenvalue weighted by atomic mass is 19.4. The zero-order valence-electron chi connectivity index (χ0n) is 17.5. The Hall–Kier alpha value is -3.07. The minimum atomic E-state index is -4.42.